The van der Waals surface area contributed by atoms with Crippen LogP contribution in [0.2, 0.25) is 5.02 Å². The fraction of sp³-hybridized carbons (Fsp3) is 0.261. The lowest BCUT2D eigenvalue weighted by molar-refractivity contribution is -0.122. The van der Waals surface area contributed by atoms with Crippen molar-refractivity contribution in [1.82, 2.24) is 4.90 Å². The lowest BCUT2D eigenvalue weighted by Crippen LogP contribution is -2.28. The molecule has 0 radical (unpaired) electrons. The molecule has 0 saturated carbocycles. The number of carbonyl (C=O) groups excluding carboxylic acids is 2. The lowest BCUT2D eigenvalue weighted by Gasteiger charge is -2.13. The Balaban J connectivity index is 1.61. The molecule has 156 valence electrons. The number of hydrogen-bond acceptors (Lipinski definition) is 5. The number of unbranched alkanes of at least 4 members (excludes halogenated alkanes) is 3. The van der Waals surface area contributed by atoms with E-state index in [1.54, 1.807) is 53.4 Å². The Morgan fingerprint density at radius 1 is 1.10 bits per heavy atom. The van der Waals surface area contributed by atoms with Gasteiger partial charge in [-0.25, -0.2) is 4.79 Å². The van der Waals surface area contributed by atoms with E-state index < -0.39 is 5.97 Å². The van der Waals surface area contributed by atoms with E-state index in [1.807, 2.05) is 6.08 Å². The molecule has 0 aromatic heterocycles. The number of esters is 1. The van der Waals surface area contributed by atoms with Crippen molar-refractivity contribution in [2.45, 2.75) is 32.6 Å². The molecule has 1 amide bonds. The first-order valence-electron chi connectivity index (χ1n) is 9.81. The Kier molecular flexibility index (Phi) is 8.08. The third-order valence-corrected chi connectivity index (χ3v) is 6.21. The van der Waals surface area contributed by atoms with Crippen LogP contribution in [0.15, 0.2) is 53.4 Å². The molecule has 2 aromatic rings. The predicted octanol–water partition coefficient (Wildman–Crippen LogP) is 6.34. The Bertz CT molecular complexity index is 955. The van der Waals surface area contributed by atoms with E-state index in [1.165, 1.54) is 18.2 Å². The molecular formula is C23H22ClNO3S2. The van der Waals surface area contributed by atoms with Crippen molar-refractivity contribution >= 4 is 57.9 Å². The number of amides is 1. The maximum absolute atomic E-state index is 12.6. The topological polar surface area (TPSA) is 46.6 Å². The molecule has 4 nitrogen and oxygen atoms in total. The van der Waals surface area contributed by atoms with Gasteiger partial charge in [0.1, 0.15) is 10.1 Å². The van der Waals surface area contributed by atoms with Crippen LogP contribution in [-0.4, -0.2) is 27.6 Å². The second kappa shape index (κ2) is 10.8. The van der Waals surface area contributed by atoms with E-state index in [9.17, 15) is 9.59 Å². The van der Waals surface area contributed by atoms with Crippen LogP contribution in [0.1, 0.15) is 48.5 Å². The SMILES string of the molecule is CCCCCCN1C(=O)/C(=C\c2ccc(OC(=O)c3ccc(Cl)cc3)cc2)SC1=S. The van der Waals surface area contributed by atoms with Crippen molar-refractivity contribution in [3.05, 3.63) is 69.6 Å². The van der Waals surface area contributed by atoms with Gasteiger partial charge in [-0.2, -0.15) is 0 Å². The van der Waals surface area contributed by atoms with Crippen molar-refractivity contribution in [3.63, 3.8) is 0 Å². The number of hydrogen-bond donors (Lipinski definition) is 0. The van der Waals surface area contributed by atoms with Crippen LogP contribution in [0.25, 0.3) is 6.08 Å². The molecule has 1 fully saturated rings. The molecule has 1 saturated heterocycles. The number of carbonyl (C=O) groups is 2. The average molecular weight is 460 g/mol. The summed E-state index contributed by atoms with van der Waals surface area (Å²) in [5.74, 6) is -0.0707. The summed E-state index contributed by atoms with van der Waals surface area (Å²) in [6, 6.07) is 13.5. The Labute approximate surface area is 191 Å². The van der Waals surface area contributed by atoms with Gasteiger partial charge in [-0.3, -0.25) is 9.69 Å². The minimum atomic E-state index is -0.455. The van der Waals surface area contributed by atoms with Gasteiger partial charge in [-0.05, 0) is 54.5 Å². The highest BCUT2D eigenvalue weighted by Gasteiger charge is 2.31. The number of halogens is 1. The van der Waals surface area contributed by atoms with Gasteiger partial charge in [0.15, 0.2) is 0 Å². The molecule has 7 heteroatoms. The summed E-state index contributed by atoms with van der Waals surface area (Å²) >= 11 is 12.5. The molecule has 30 heavy (non-hydrogen) atoms. The van der Waals surface area contributed by atoms with Crippen molar-refractivity contribution in [1.29, 1.82) is 0 Å². The van der Waals surface area contributed by atoms with Crippen LogP contribution in [-0.2, 0) is 4.79 Å². The second-order valence-corrected chi connectivity index (χ2v) is 8.97. The van der Waals surface area contributed by atoms with Crippen LogP contribution in [0, 0.1) is 0 Å². The van der Waals surface area contributed by atoms with Gasteiger partial charge in [-0.1, -0.05) is 73.9 Å². The zero-order valence-corrected chi connectivity index (χ0v) is 19.0. The first-order chi connectivity index (χ1) is 14.5. The monoisotopic (exact) mass is 459 g/mol. The molecule has 1 heterocycles. The average Bonchev–Trinajstić information content (AvgIpc) is 3.00. The molecule has 0 bridgehead atoms. The highest BCUT2D eigenvalue weighted by molar-refractivity contribution is 8.26. The maximum Gasteiger partial charge on any atom is 0.343 e. The Morgan fingerprint density at radius 3 is 2.47 bits per heavy atom. The fourth-order valence-corrected chi connectivity index (χ4v) is 4.36. The molecule has 0 atom stereocenters. The zero-order chi connectivity index (χ0) is 21.5. The van der Waals surface area contributed by atoms with E-state index in [2.05, 4.69) is 6.92 Å². The third-order valence-electron chi connectivity index (χ3n) is 4.58. The van der Waals surface area contributed by atoms with Gasteiger partial charge in [-0.15, -0.1) is 0 Å². The van der Waals surface area contributed by atoms with Gasteiger partial charge in [0, 0.05) is 11.6 Å². The molecular weight excluding hydrogens is 438 g/mol. The standard InChI is InChI=1S/C23H22ClNO3S2/c1-2-3-4-5-14-25-21(26)20(30-23(25)29)15-16-6-12-19(13-7-16)28-22(27)17-8-10-18(24)11-9-17/h6-13,15H,2-5,14H2,1H3/b20-15+. The second-order valence-electron chi connectivity index (χ2n) is 6.86. The summed E-state index contributed by atoms with van der Waals surface area (Å²) in [5.41, 5.74) is 1.26. The van der Waals surface area contributed by atoms with Gasteiger partial charge in [0.25, 0.3) is 5.91 Å². The van der Waals surface area contributed by atoms with Gasteiger partial charge in [0.05, 0.1) is 10.5 Å². The van der Waals surface area contributed by atoms with Crippen molar-refractivity contribution < 1.29 is 14.3 Å². The first-order valence-corrected chi connectivity index (χ1v) is 11.4. The third kappa shape index (κ3) is 5.94. The highest BCUT2D eigenvalue weighted by Crippen LogP contribution is 2.33. The smallest absolute Gasteiger partial charge is 0.343 e. The van der Waals surface area contributed by atoms with Crippen LogP contribution in [0.4, 0.5) is 0 Å². The van der Waals surface area contributed by atoms with Gasteiger partial charge in [0.2, 0.25) is 0 Å². The minimum absolute atomic E-state index is 0.0419. The van der Waals surface area contributed by atoms with E-state index >= 15 is 0 Å². The Morgan fingerprint density at radius 2 is 1.80 bits per heavy atom. The lowest BCUT2D eigenvalue weighted by atomic mass is 10.2. The van der Waals surface area contributed by atoms with Gasteiger partial charge < -0.3 is 4.74 Å². The van der Waals surface area contributed by atoms with E-state index in [4.69, 9.17) is 28.6 Å². The molecule has 3 rings (SSSR count). The molecule has 1 aliphatic rings. The fourth-order valence-electron chi connectivity index (χ4n) is 2.92. The summed E-state index contributed by atoms with van der Waals surface area (Å²) in [5, 5.41) is 0.558. The number of benzene rings is 2. The minimum Gasteiger partial charge on any atom is -0.423 e. The number of thiocarbonyl (C=S) groups is 1. The number of ether oxygens (including phenoxy) is 1. The Hall–Kier alpha value is -2.15. The summed E-state index contributed by atoms with van der Waals surface area (Å²) in [4.78, 5) is 27.1. The first kappa shape index (κ1) is 22.5. The maximum atomic E-state index is 12.6. The van der Waals surface area contributed by atoms with Crippen LogP contribution in [0.3, 0.4) is 0 Å². The highest BCUT2D eigenvalue weighted by atomic mass is 35.5. The van der Waals surface area contributed by atoms with E-state index in [-0.39, 0.29) is 5.91 Å². The van der Waals surface area contributed by atoms with E-state index in [0.29, 0.717) is 32.1 Å². The largest absolute Gasteiger partial charge is 0.423 e. The molecule has 0 N–H and O–H groups in total. The molecule has 1 aliphatic heterocycles. The summed E-state index contributed by atoms with van der Waals surface area (Å²) in [7, 11) is 0. The predicted molar refractivity (Wildman–Crippen MR) is 127 cm³/mol. The van der Waals surface area contributed by atoms with Crippen LogP contribution < -0.4 is 4.74 Å². The van der Waals surface area contributed by atoms with Crippen molar-refractivity contribution in [2.75, 3.05) is 6.54 Å². The molecule has 0 spiro atoms. The molecule has 0 aliphatic carbocycles. The summed E-state index contributed by atoms with van der Waals surface area (Å²) in [6.45, 7) is 2.83. The van der Waals surface area contributed by atoms with Crippen molar-refractivity contribution in [3.8, 4) is 5.75 Å². The number of rotatable bonds is 8. The van der Waals surface area contributed by atoms with Gasteiger partial charge >= 0.3 is 5.97 Å². The number of thioether (sulfide) groups is 1. The summed E-state index contributed by atoms with van der Waals surface area (Å²) in [6.07, 6.45) is 6.20. The van der Waals surface area contributed by atoms with Crippen LogP contribution in [0.5, 0.6) is 5.75 Å². The quantitative estimate of drug-likeness (QED) is 0.151. The van der Waals surface area contributed by atoms with Crippen LogP contribution >= 0.6 is 35.6 Å². The summed E-state index contributed by atoms with van der Waals surface area (Å²) < 4.78 is 5.99. The normalized spacial score (nSPS) is 15.1. The molecule has 0 unspecified atom stereocenters. The number of nitrogens with zero attached hydrogens (tertiary/aromatic N) is 1. The van der Waals surface area contributed by atoms with E-state index in [0.717, 1.165) is 24.8 Å². The van der Waals surface area contributed by atoms with Crippen molar-refractivity contribution in [2.24, 2.45) is 0 Å². The molecule has 2 aromatic carbocycles. The zero-order valence-electron chi connectivity index (χ0n) is 16.6.